The number of aliphatic hydroxyl groups is 2. The lowest BCUT2D eigenvalue weighted by atomic mass is 10.2. The summed E-state index contributed by atoms with van der Waals surface area (Å²) < 4.78 is 0. The van der Waals surface area contributed by atoms with Crippen LogP contribution >= 0.6 is 0 Å². The van der Waals surface area contributed by atoms with Gasteiger partial charge in [-0.15, -0.1) is 0 Å². The molecule has 90 valence electrons. The fraction of sp³-hybridized carbons (Fsp3) is 0.500. The van der Waals surface area contributed by atoms with Crippen molar-refractivity contribution < 1.29 is 49.2 Å². The van der Waals surface area contributed by atoms with E-state index in [1.54, 1.807) is 0 Å². The second-order valence-electron chi connectivity index (χ2n) is 2.17. The van der Waals surface area contributed by atoms with Gasteiger partial charge in [-0.05, 0) is 0 Å². The molecule has 15 heavy (non-hydrogen) atoms. The fourth-order valence-corrected chi connectivity index (χ4v) is 0.270. The molecule has 0 fully saturated rings. The Balaban J connectivity index is 0. The zero-order valence-electron chi connectivity index (χ0n) is 7.05. The third kappa shape index (κ3) is 12.9. The van der Waals surface area contributed by atoms with Gasteiger partial charge in [-0.2, -0.15) is 0 Å². The second kappa shape index (κ2) is 6.41. The Hall–Kier alpha value is -1.08. The summed E-state index contributed by atoms with van der Waals surface area (Å²) in [5.74, 6) is -3.54. The molecule has 0 rings (SSSR count). The van der Waals surface area contributed by atoms with Crippen LogP contribution in [0.5, 0.6) is 0 Å². The lowest BCUT2D eigenvalue weighted by molar-refractivity contribution is -0.165. The van der Waals surface area contributed by atoms with Crippen LogP contribution in [0.1, 0.15) is 0 Å². The predicted molar refractivity (Wildman–Crippen MR) is 41.9 cm³/mol. The molecule has 0 aliphatic carbocycles. The summed E-state index contributed by atoms with van der Waals surface area (Å²) >= 11 is 0. The molecule has 0 saturated heterocycles. The normalized spacial score (nSPS) is 14.5. The summed E-state index contributed by atoms with van der Waals surface area (Å²) in [4.78, 5) is 48.8. The number of aliphatic carboxylic acids is 2. The fourth-order valence-electron chi connectivity index (χ4n) is 0.270. The van der Waals surface area contributed by atoms with Crippen LogP contribution in [0.4, 0.5) is 0 Å². The van der Waals surface area contributed by atoms with E-state index in [2.05, 4.69) is 0 Å². The highest BCUT2D eigenvalue weighted by Gasteiger charge is 2.29. The molecule has 0 bridgehead atoms. The van der Waals surface area contributed by atoms with Crippen molar-refractivity contribution in [3.05, 3.63) is 0 Å². The Morgan fingerprint density at radius 2 is 0.933 bits per heavy atom. The van der Waals surface area contributed by atoms with Gasteiger partial charge < -0.3 is 39.6 Å². The molecular weight excluding hydrogens is 236 g/mol. The molecule has 0 spiro atoms. The average Bonchev–Trinajstić information content (AvgIpc) is 1.98. The molecule has 11 heteroatoms. The Morgan fingerprint density at radius 1 is 0.800 bits per heavy atom. The van der Waals surface area contributed by atoms with Crippen molar-refractivity contribution in [3.8, 4) is 0 Å². The molecule has 8 N–H and O–H groups in total. The highest BCUT2D eigenvalue weighted by atomic mass is 28.4. The molecule has 0 aromatic rings. The van der Waals surface area contributed by atoms with E-state index in [1.807, 2.05) is 0 Å². The highest BCUT2D eigenvalue weighted by Crippen LogP contribution is 1.92. The van der Waals surface area contributed by atoms with Gasteiger partial charge in [0.25, 0.3) is 0 Å². The molecule has 2 atom stereocenters. The maximum Gasteiger partial charge on any atom is 0.668 e. The van der Waals surface area contributed by atoms with Crippen molar-refractivity contribution in [2.75, 3.05) is 0 Å². The Morgan fingerprint density at radius 3 is 1.00 bits per heavy atom. The first-order valence-electron chi connectivity index (χ1n) is 3.18. The molecule has 2 unspecified atom stereocenters. The van der Waals surface area contributed by atoms with E-state index in [0.29, 0.717) is 0 Å². The standard InChI is InChI=1S/C4H6O6.H4O4Si/c5-1(3(7)8)2(6)4(9)10;1-5(2,3)4/h1-2,5-6H,(H,7,8)(H,9,10);1-4H. The minimum atomic E-state index is -4.61. The zero-order valence-corrected chi connectivity index (χ0v) is 8.05. The Kier molecular flexibility index (Phi) is 6.99. The van der Waals surface area contributed by atoms with Gasteiger partial charge in [0.2, 0.25) is 0 Å². The van der Waals surface area contributed by atoms with Crippen LogP contribution in [0.15, 0.2) is 0 Å². The molecule has 0 aromatic carbocycles. The number of aliphatic hydroxyl groups excluding tert-OH is 2. The topological polar surface area (TPSA) is 196 Å². The van der Waals surface area contributed by atoms with E-state index in [9.17, 15) is 9.59 Å². The van der Waals surface area contributed by atoms with E-state index in [1.165, 1.54) is 0 Å². The largest absolute Gasteiger partial charge is 0.668 e. The van der Waals surface area contributed by atoms with Gasteiger partial charge in [0.15, 0.2) is 12.2 Å². The Bertz CT molecular complexity index is 196. The number of rotatable bonds is 3. The van der Waals surface area contributed by atoms with Crippen LogP contribution < -0.4 is 0 Å². The van der Waals surface area contributed by atoms with E-state index < -0.39 is 33.2 Å². The number of hydrogen-bond acceptors (Lipinski definition) is 8. The lowest BCUT2D eigenvalue weighted by Crippen LogP contribution is -2.39. The van der Waals surface area contributed by atoms with Gasteiger partial charge in [0, 0.05) is 0 Å². The van der Waals surface area contributed by atoms with Crippen molar-refractivity contribution in [2.45, 2.75) is 12.2 Å². The minimum Gasteiger partial charge on any atom is -0.479 e. The monoisotopic (exact) mass is 246 g/mol. The molecule has 0 heterocycles. The van der Waals surface area contributed by atoms with Crippen molar-refractivity contribution in [1.82, 2.24) is 0 Å². The van der Waals surface area contributed by atoms with Gasteiger partial charge in [-0.3, -0.25) is 0 Å². The van der Waals surface area contributed by atoms with E-state index in [4.69, 9.17) is 39.6 Å². The van der Waals surface area contributed by atoms with E-state index in [0.717, 1.165) is 0 Å². The third-order valence-corrected chi connectivity index (χ3v) is 0.805. The molecule has 10 nitrogen and oxygen atoms in total. The molecule has 0 saturated carbocycles. The van der Waals surface area contributed by atoms with Crippen molar-refractivity contribution in [3.63, 3.8) is 0 Å². The quantitative estimate of drug-likeness (QED) is 0.224. The van der Waals surface area contributed by atoms with Crippen LogP contribution in [0.3, 0.4) is 0 Å². The van der Waals surface area contributed by atoms with Gasteiger partial charge in [0.05, 0.1) is 0 Å². The van der Waals surface area contributed by atoms with Gasteiger partial charge in [0.1, 0.15) is 0 Å². The van der Waals surface area contributed by atoms with Crippen LogP contribution in [-0.4, -0.2) is 72.8 Å². The molecule has 0 radical (unpaired) electrons. The summed E-state index contributed by atoms with van der Waals surface area (Å²) in [7, 11) is -4.61. The Labute approximate surface area is 83.4 Å². The van der Waals surface area contributed by atoms with Gasteiger partial charge in [-0.25, -0.2) is 9.59 Å². The SMILES string of the molecule is O=C(O)C(O)C(O)C(=O)O.O[Si](O)(O)O. The number of carbonyl (C=O) groups is 2. The smallest absolute Gasteiger partial charge is 0.479 e. The number of hydrogen-bond donors (Lipinski definition) is 8. The maximum atomic E-state index is 9.77. The molecule has 0 aromatic heterocycles. The maximum absolute atomic E-state index is 9.77. The van der Waals surface area contributed by atoms with Crippen LogP contribution in [0, 0.1) is 0 Å². The third-order valence-electron chi connectivity index (χ3n) is 0.805. The van der Waals surface area contributed by atoms with Crippen molar-refractivity contribution in [1.29, 1.82) is 0 Å². The zero-order chi connectivity index (χ0) is 12.8. The van der Waals surface area contributed by atoms with Crippen LogP contribution in [0.2, 0.25) is 0 Å². The van der Waals surface area contributed by atoms with E-state index >= 15 is 0 Å². The number of carboxylic acid groups (broad SMARTS) is 2. The van der Waals surface area contributed by atoms with E-state index in [-0.39, 0.29) is 0 Å². The molecule has 0 aliphatic heterocycles. The summed E-state index contributed by atoms with van der Waals surface area (Å²) in [5.41, 5.74) is 0. The summed E-state index contributed by atoms with van der Waals surface area (Å²) in [6.45, 7) is 0. The van der Waals surface area contributed by atoms with Gasteiger partial charge >= 0.3 is 21.0 Å². The minimum absolute atomic E-state index is 1.77. The molecular formula is C4H10O10Si. The first-order valence-corrected chi connectivity index (χ1v) is 4.97. The molecule has 0 amide bonds. The van der Waals surface area contributed by atoms with Gasteiger partial charge in [-0.1, -0.05) is 0 Å². The van der Waals surface area contributed by atoms with Crippen molar-refractivity contribution >= 4 is 21.0 Å². The highest BCUT2D eigenvalue weighted by molar-refractivity contribution is 6.46. The summed E-state index contributed by atoms with van der Waals surface area (Å²) in [5, 5.41) is 32.5. The second-order valence-corrected chi connectivity index (χ2v) is 3.37. The average molecular weight is 246 g/mol. The predicted octanol–water partition coefficient (Wildman–Crippen LogP) is -4.73. The lowest BCUT2D eigenvalue weighted by Gasteiger charge is -2.07. The molecule has 0 aliphatic rings. The van der Waals surface area contributed by atoms with Crippen LogP contribution in [0.25, 0.3) is 0 Å². The van der Waals surface area contributed by atoms with Crippen molar-refractivity contribution in [2.24, 2.45) is 0 Å². The summed E-state index contributed by atoms with van der Waals surface area (Å²) in [6, 6.07) is 0. The first kappa shape index (κ1) is 16.4. The summed E-state index contributed by atoms with van der Waals surface area (Å²) in [6.07, 6.45) is -4.53. The first-order chi connectivity index (χ1) is 6.46. The number of carboxylic acids is 2. The van der Waals surface area contributed by atoms with Crippen LogP contribution in [-0.2, 0) is 9.59 Å².